The summed E-state index contributed by atoms with van der Waals surface area (Å²) < 4.78 is 38.6. The Morgan fingerprint density at radius 3 is 2.69 bits per heavy atom. The zero-order chi connectivity index (χ0) is 21.8. The Balaban J connectivity index is 2.18. The first kappa shape index (κ1) is 21.2. The van der Waals surface area contributed by atoms with E-state index in [1.54, 1.807) is 45.9 Å². The molecule has 0 bridgehead atoms. The van der Waals surface area contributed by atoms with Gasteiger partial charge in [0.1, 0.15) is 22.1 Å². The summed E-state index contributed by atoms with van der Waals surface area (Å²) in [5, 5.41) is -0.305. The van der Waals surface area contributed by atoms with Crippen molar-refractivity contribution in [2.24, 2.45) is 10.8 Å². The van der Waals surface area contributed by atoms with Crippen LogP contribution in [0.4, 0.5) is 10.5 Å². The number of hydrogen-bond acceptors (Lipinski definition) is 8. The van der Waals surface area contributed by atoms with Gasteiger partial charge in [-0.15, -0.1) is 0 Å². The highest BCUT2D eigenvalue weighted by molar-refractivity contribution is 7.90. The maximum Gasteiger partial charge on any atom is 0.431 e. The lowest BCUT2D eigenvalue weighted by molar-refractivity contribution is 0.0354. The van der Waals surface area contributed by atoms with Crippen LogP contribution in [-0.4, -0.2) is 54.3 Å². The van der Waals surface area contributed by atoms with E-state index in [1.807, 2.05) is 0 Å². The summed E-state index contributed by atoms with van der Waals surface area (Å²) in [6, 6.07) is 5.00. The molecule has 4 N–H and O–H groups in total. The molecule has 2 heterocycles. The summed E-state index contributed by atoms with van der Waals surface area (Å²) >= 11 is 0. The zero-order valence-electron chi connectivity index (χ0n) is 17.2. The van der Waals surface area contributed by atoms with Crippen molar-refractivity contribution < 1.29 is 22.7 Å². The van der Waals surface area contributed by atoms with E-state index in [1.165, 1.54) is 7.05 Å². The zero-order valence-corrected chi connectivity index (χ0v) is 18.0. The van der Waals surface area contributed by atoms with Gasteiger partial charge in [0.05, 0.1) is 6.61 Å². The van der Waals surface area contributed by atoms with Gasteiger partial charge in [0.25, 0.3) is 0 Å². The number of amides is 1. The number of hydrogen-bond donors (Lipinski definition) is 2. The van der Waals surface area contributed by atoms with Gasteiger partial charge in [0, 0.05) is 24.7 Å². The van der Waals surface area contributed by atoms with Gasteiger partial charge in [-0.1, -0.05) is 0 Å². The number of nitrogen functional groups attached to an aromatic ring is 1. The smallest absolute Gasteiger partial charge is 0.431 e. The van der Waals surface area contributed by atoms with E-state index in [0.29, 0.717) is 22.0 Å². The lowest BCUT2D eigenvalue weighted by atomic mass is 9.87. The fourth-order valence-electron chi connectivity index (χ4n) is 3.55. The predicted octanol–water partition coefficient (Wildman–Crippen LogP) is 1.38. The number of nitrogens with two attached hydrogens (primary N) is 2. The summed E-state index contributed by atoms with van der Waals surface area (Å²) in [5.41, 5.74) is 4.83. The van der Waals surface area contributed by atoms with Crippen LogP contribution >= 0.6 is 0 Å². The third-order valence-electron chi connectivity index (χ3n) is 4.97. The molecule has 0 radical (unpaired) electrons. The summed E-state index contributed by atoms with van der Waals surface area (Å²) in [4.78, 5) is 17.1. The Labute approximate surface area is 170 Å². The summed E-state index contributed by atoms with van der Waals surface area (Å²) in [7, 11) is -2.61. The Morgan fingerprint density at radius 2 is 2.07 bits per heavy atom. The van der Waals surface area contributed by atoms with Crippen LogP contribution in [0.3, 0.4) is 0 Å². The monoisotopic (exact) mass is 425 g/mol. The topological polar surface area (TPSA) is 141 Å². The number of aliphatic imine (C=N–C) groups is 1. The van der Waals surface area contributed by atoms with Crippen LogP contribution in [0, 0.1) is 0 Å². The number of nitrogens with zero attached hydrogens (tertiary/aromatic N) is 3. The molecular weight excluding hydrogens is 398 g/mol. The molecule has 2 aliphatic heterocycles. The maximum atomic E-state index is 13.3. The standard InChI is InChI=1S/C18H27N5O5S/c1-17(2,3)28-16(24)23(20)15-21-18(4)12-10-11(19)6-7-13(12)27-9-8-14(18)29(25,26)22(15)5/h6-7,10,14H,8-9,19-20H2,1-5H3/t14-,18-/m1/s1. The first-order chi connectivity index (χ1) is 13.3. The number of fused-ring (bicyclic) bond motifs is 3. The Morgan fingerprint density at radius 1 is 1.41 bits per heavy atom. The molecule has 1 aromatic carbocycles. The predicted molar refractivity (Wildman–Crippen MR) is 108 cm³/mol. The van der Waals surface area contributed by atoms with Crippen molar-refractivity contribution in [1.82, 2.24) is 9.31 Å². The van der Waals surface area contributed by atoms with Crippen molar-refractivity contribution in [3.63, 3.8) is 0 Å². The second-order valence-corrected chi connectivity index (χ2v) is 10.5. The van der Waals surface area contributed by atoms with Crippen LogP contribution in [0.5, 0.6) is 5.75 Å². The van der Waals surface area contributed by atoms with E-state index in [-0.39, 0.29) is 19.0 Å². The summed E-state index contributed by atoms with van der Waals surface area (Å²) in [5.74, 6) is 6.20. The van der Waals surface area contributed by atoms with Gasteiger partial charge in [-0.3, -0.25) is 0 Å². The van der Waals surface area contributed by atoms with E-state index in [9.17, 15) is 13.2 Å². The molecule has 10 nitrogen and oxygen atoms in total. The average molecular weight is 426 g/mol. The molecule has 160 valence electrons. The minimum atomic E-state index is -3.92. The number of sulfonamides is 1. The normalized spacial score (nSPS) is 25.7. The molecular formula is C18H27N5O5S. The quantitative estimate of drug-likeness (QED) is 0.277. The minimum Gasteiger partial charge on any atom is -0.493 e. The molecule has 0 saturated heterocycles. The first-order valence-corrected chi connectivity index (χ1v) is 10.7. The van der Waals surface area contributed by atoms with Gasteiger partial charge >= 0.3 is 6.09 Å². The van der Waals surface area contributed by atoms with Gasteiger partial charge in [-0.25, -0.2) is 28.4 Å². The van der Waals surface area contributed by atoms with Crippen molar-refractivity contribution in [1.29, 1.82) is 0 Å². The highest BCUT2D eigenvalue weighted by atomic mass is 32.2. The molecule has 1 aromatic rings. The van der Waals surface area contributed by atoms with E-state index in [2.05, 4.69) is 4.99 Å². The number of rotatable bonds is 0. The number of benzene rings is 1. The van der Waals surface area contributed by atoms with Gasteiger partial charge in [0.2, 0.25) is 16.0 Å². The average Bonchev–Trinajstić information content (AvgIpc) is 2.74. The largest absolute Gasteiger partial charge is 0.493 e. The van der Waals surface area contributed by atoms with E-state index < -0.39 is 32.5 Å². The van der Waals surface area contributed by atoms with Crippen LogP contribution < -0.4 is 16.3 Å². The molecule has 0 fully saturated rings. The number of carbonyl (C=O) groups excluding carboxylic acids is 1. The van der Waals surface area contributed by atoms with Crippen LogP contribution in [0.25, 0.3) is 0 Å². The molecule has 29 heavy (non-hydrogen) atoms. The molecule has 3 rings (SSSR count). The van der Waals surface area contributed by atoms with Gasteiger partial charge in [-0.2, -0.15) is 5.01 Å². The molecule has 0 unspecified atom stereocenters. The molecule has 2 aliphatic rings. The number of hydrazine groups is 1. The van der Waals surface area contributed by atoms with Crippen molar-refractivity contribution in [3.8, 4) is 5.75 Å². The Bertz CT molecular complexity index is 971. The van der Waals surface area contributed by atoms with Crippen LogP contribution in [0.1, 0.15) is 39.7 Å². The molecule has 11 heteroatoms. The van der Waals surface area contributed by atoms with E-state index >= 15 is 0 Å². The second kappa shape index (κ2) is 6.77. The van der Waals surface area contributed by atoms with Crippen molar-refractivity contribution in [3.05, 3.63) is 23.8 Å². The molecule has 0 spiro atoms. The molecule has 1 amide bonds. The third kappa shape index (κ3) is 3.60. The SMILES string of the molecule is CN1C(N(N)C(=O)OC(C)(C)C)=N[C@]2(C)c3cc(N)ccc3OCC[C@H]2S1(=O)=O. The molecule has 0 aromatic heterocycles. The van der Waals surface area contributed by atoms with Gasteiger partial charge in [-0.05, 0) is 45.9 Å². The number of ether oxygens (including phenoxy) is 2. The van der Waals surface area contributed by atoms with Gasteiger partial charge in [0.15, 0.2) is 0 Å². The number of anilines is 1. The Kier molecular flexibility index (Phi) is 4.94. The third-order valence-corrected chi connectivity index (χ3v) is 7.31. The second-order valence-electron chi connectivity index (χ2n) is 8.30. The maximum absolute atomic E-state index is 13.3. The number of guanidine groups is 1. The highest BCUT2D eigenvalue weighted by Gasteiger charge is 2.54. The molecule has 2 atom stereocenters. The Hall–Kier alpha value is -2.53. The van der Waals surface area contributed by atoms with Crippen LogP contribution in [0.2, 0.25) is 0 Å². The van der Waals surface area contributed by atoms with Crippen LogP contribution in [-0.2, 0) is 20.3 Å². The minimum absolute atomic E-state index is 0.202. The fourth-order valence-corrected chi connectivity index (χ4v) is 5.44. The lowest BCUT2D eigenvalue weighted by Gasteiger charge is -2.42. The fraction of sp³-hybridized carbons (Fsp3) is 0.556. The lowest BCUT2D eigenvalue weighted by Crippen LogP contribution is -2.61. The molecule has 0 aliphatic carbocycles. The van der Waals surface area contributed by atoms with E-state index in [0.717, 1.165) is 4.31 Å². The van der Waals surface area contributed by atoms with Gasteiger partial charge < -0.3 is 15.2 Å². The summed E-state index contributed by atoms with van der Waals surface area (Å²) in [6.07, 6.45) is -0.705. The number of carbonyl (C=O) groups is 1. The van der Waals surface area contributed by atoms with E-state index in [4.69, 9.17) is 21.1 Å². The first-order valence-electron chi connectivity index (χ1n) is 9.15. The summed E-state index contributed by atoms with van der Waals surface area (Å²) in [6.45, 7) is 6.92. The van der Waals surface area contributed by atoms with Crippen molar-refractivity contribution in [2.75, 3.05) is 19.4 Å². The van der Waals surface area contributed by atoms with Crippen LogP contribution in [0.15, 0.2) is 23.2 Å². The van der Waals surface area contributed by atoms with Crippen molar-refractivity contribution in [2.45, 2.75) is 50.5 Å². The van der Waals surface area contributed by atoms with Crippen molar-refractivity contribution >= 4 is 27.8 Å². The highest BCUT2D eigenvalue weighted by Crippen LogP contribution is 2.46. The molecule has 0 saturated carbocycles.